The number of carbonyl (C=O) groups excluding carboxylic acids is 1. The van der Waals surface area contributed by atoms with Crippen LogP contribution in [0.3, 0.4) is 0 Å². The number of aromatic nitrogens is 2. The third-order valence-electron chi connectivity index (χ3n) is 4.96. The number of imidazole rings is 1. The van der Waals surface area contributed by atoms with E-state index >= 15 is 0 Å². The smallest absolute Gasteiger partial charge is 0.260 e. The second kappa shape index (κ2) is 8.31. The summed E-state index contributed by atoms with van der Waals surface area (Å²) in [7, 11) is 1.59. The molecular weight excluding hydrogens is 356 g/mol. The van der Waals surface area contributed by atoms with E-state index in [0.29, 0.717) is 24.6 Å². The van der Waals surface area contributed by atoms with Gasteiger partial charge in [0, 0.05) is 26.2 Å². The fraction of sp³-hybridized carbons (Fsp3) is 0.333. The van der Waals surface area contributed by atoms with Gasteiger partial charge in [0.05, 0.1) is 24.7 Å². The lowest BCUT2D eigenvalue weighted by Crippen LogP contribution is -2.49. The molecule has 146 valence electrons. The van der Waals surface area contributed by atoms with E-state index in [9.17, 15) is 4.79 Å². The molecule has 0 saturated carbocycles. The minimum absolute atomic E-state index is 0.00528. The maximum absolute atomic E-state index is 12.5. The molecule has 0 bridgehead atoms. The Labute approximate surface area is 163 Å². The predicted molar refractivity (Wildman–Crippen MR) is 106 cm³/mol. The lowest BCUT2D eigenvalue weighted by Gasteiger charge is -2.34. The van der Waals surface area contributed by atoms with E-state index in [1.807, 2.05) is 47.4 Å². The molecular formula is C21H24N4O3. The third kappa shape index (κ3) is 4.09. The van der Waals surface area contributed by atoms with Gasteiger partial charge in [0.2, 0.25) is 0 Å². The molecule has 2 aromatic carbocycles. The number of fused-ring (bicyclic) bond motifs is 1. The minimum Gasteiger partial charge on any atom is -0.493 e. The summed E-state index contributed by atoms with van der Waals surface area (Å²) < 4.78 is 10.9. The average molecular weight is 380 g/mol. The molecule has 1 fully saturated rings. The van der Waals surface area contributed by atoms with Crippen molar-refractivity contribution in [3.63, 3.8) is 0 Å². The molecule has 0 spiro atoms. The lowest BCUT2D eigenvalue weighted by atomic mass is 10.3. The summed E-state index contributed by atoms with van der Waals surface area (Å²) in [6, 6.07) is 15.4. The quantitative estimate of drug-likeness (QED) is 0.711. The number of nitrogens with zero attached hydrogens (tertiary/aromatic N) is 3. The normalized spacial score (nSPS) is 15.0. The van der Waals surface area contributed by atoms with Crippen LogP contribution in [0.5, 0.6) is 11.5 Å². The van der Waals surface area contributed by atoms with Crippen LogP contribution in [0.2, 0.25) is 0 Å². The predicted octanol–water partition coefficient (Wildman–Crippen LogP) is 2.29. The van der Waals surface area contributed by atoms with Gasteiger partial charge in [0.25, 0.3) is 5.91 Å². The van der Waals surface area contributed by atoms with Crippen LogP contribution >= 0.6 is 0 Å². The van der Waals surface area contributed by atoms with E-state index in [4.69, 9.17) is 9.47 Å². The molecule has 0 radical (unpaired) electrons. The van der Waals surface area contributed by atoms with Crippen LogP contribution in [-0.2, 0) is 11.3 Å². The van der Waals surface area contributed by atoms with E-state index < -0.39 is 0 Å². The number of hydrogen-bond donors (Lipinski definition) is 1. The van der Waals surface area contributed by atoms with Gasteiger partial charge in [0.15, 0.2) is 18.1 Å². The molecule has 0 atom stereocenters. The summed E-state index contributed by atoms with van der Waals surface area (Å²) in [5, 5.41) is 0. The van der Waals surface area contributed by atoms with Gasteiger partial charge in [-0.15, -0.1) is 0 Å². The number of H-pyrrole nitrogens is 1. The molecule has 0 unspecified atom stereocenters. The van der Waals surface area contributed by atoms with Gasteiger partial charge in [-0.2, -0.15) is 0 Å². The number of methoxy groups -OCH3 is 1. The Morgan fingerprint density at radius 1 is 1.04 bits per heavy atom. The Morgan fingerprint density at radius 3 is 2.50 bits per heavy atom. The molecule has 1 aliphatic rings. The Balaban J connectivity index is 1.27. The molecule has 1 amide bonds. The zero-order valence-corrected chi connectivity index (χ0v) is 15.9. The van der Waals surface area contributed by atoms with Crippen LogP contribution < -0.4 is 9.47 Å². The van der Waals surface area contributed by atoms with Crippen molar-refractivity contribution in [2.75, 3.05) is 39.9 Å². The zero-order chi connectivity index (χ0) is 19.3. The van der Waals surface area contributed by atoms with Gasteiger partial charge < -0.3 is 19.4 Å². The van der Waals surface area contributed by atoms with Crippen molar-refractivity contribution in [3.8, 4) is 11.5 Å². The average Bonchev–Trinajstić information content (AvgIpc) is 3.15. The molecule has 7 heteroatoms. The summed E-state index contributed by atoms with van der Waals surface area (Å²) in [4.78, 5) is 24.6. The van der Waals surface area contributed by atoms with Crippen molar-refractivity contribution in [1.29, 1.82) is 0 Å². The monoisotopic (exact) mass is 380 g/mol. The number of rotatable bonds is 6. The highest BCUT2D eigenvalue weighted by Gasteiger charge is 2.22. The van der Waals surface area contributed by atoms with Crippen molar-refractivity contribution in [2.45, 2.75) is 6.54 Å². The number of hydrogen-bond acceptors (Lipinski definition) is 5. The number of aromatic amines is 1. The minimum atomic E-state index is -0.00528. The van der Waals surface area contributed by atoms with Crippen molar-refractivity contribution >= 4 is 16.9 Å². The molecule has 28 heavy (non-hydrogen) atoms. The molecule has 2 heterocycles. The summed E-state index contributed by atoms with van der Waals surface area (Å²) >= 11 is 0. The van der Waals surface area contributed by atoms with Crippen LogP contribution in [0, 0.1) is 0 Å². The molecule has 1 aromatic heterocycles. The summed E-state index contributed by atoms with van der Waals surface area (Å²) in [5.74, 6) is 2.17. The Bertz CT molecular complexity index is 914. The van der Waals surface area contributed by atoms with Crippen LogP contribution in [-0.4, -0.2) is 65.6 Å². The van der Waals surface area contributed by atoms with E-state index in [1.165, 1.54) is 0 Å². The second-order valence-corrected chi connectivity index (χ2v) is 6.80. The van der Waals surface area contributed by atoms with Crippen LogP contribution in [0.25, 0.3) is 11.0 Å². The standard InChI is InChI=1S/C21H24N4O3/c1-27-18-8-4-5-9-19(18)28-15-21(26)25-12-10-24(11-13-25)14-20-22-16-6-2-3-7-17(16)23-20/h2-9H,10-15H2,1H3,(H,22,23). The van der Waals surface area contributed by atoms with Crippen molar-refractivity contribution in [2.24, 2.45) is 0 Å². The first-order valence-corrected chi connectivity index (χ1v) is 9.42. The Morgan fingerprint density at radius 2 is 1.75 bits per heavy atom. The number of piperazine rings is 1. The Hall–Kier alpha value is -3.06. The summed E-state index contributed by atoms with van der Waals surface area (Å²) in [6.07, 6.45) is 0. The Kier molecular flexibility index (Phi) is 5.43. The maximum atomic E-state index is 12.5. The van der Waals surface area contributed by atoms with E-state index in [0.717, 1.165) is 36.5 Å². The second-order valence-electron chi connectivity index (χ2n) is 6.80. The van der Waals surface area contributed by atoms with Crippen molar-refractivity contribution in [3.05, 3.63) is 54.4 Å². The van der Waals surface area contributed by atoms with Crippen LogP contribution in [0.1, 0.15) is 5.82 Å². The van der Waals surface area contributed by atoms with Gasteiger partial charge >= 0.3 is 0 Å². The SMILES string of the molecule is COc1ccccc1OCC(=O)N1CCN(Cc2nc3ccccc3[nH]2)CC1. The van der Waals surface area contributed by atoms with E-state index in [2.05, 4.69) is 14.9 Å². The van der Waals surface area contributed by atoms with E-state index in [-0.39, 0.29) is 12.5 Å². The molecule has 7 nitrogen and oxygen atoms in total. The highest BCUT2D eigenvalue weighted by molar-refractivity contribution is 5.78. The zero-order valence-electron chi connectivity index (χ0n) is 15.9. The highest BCUT2D eigenvalue weighted by Crippen LogP contribution is 2.25. The van der Waals surface area contributed by atoms with Crippen LogP contribution in [0.4, 0.5) is 0 Å². The van der Waals surface area contributed by atoms with Gasteiger partial charge in [-0.05, 0) is 24.3 Å². The molecule has 0 aliphatic carbocycles. The summed E-state index contributed by atoms with van der Waals surface area (Å²) in [5.41, 5.74) is 2.04. The molecule has 1 saturated heterocycles. The first-order valence-electron chi connectivity index (χ1n) is 9.42. The van der Waals surface area contributed by atoms with Gasteiger partial charge in [-0.1, -0.05) is 24.3 Å². The van der Waals surface area contributed by atoms with Gasteiger partial charge in [-0.3, -0.25) is 9.69 Å². The fourth-order valence-corrected chi connectivity index (χ4v) is 3.42. The topological polar surface area (TPSA) is 70.7 Å². The molecule has 3 aromatic rings. The lowest BCUT2D eigenvalue weighted by molar-refractivity contribution is -0.135. The molecule has 4 rings (SSSR count). The number of carbonyl (C=O) groups is 1. The fourth-order valence-electron chi connectivity index (χ4n) is 3.42. The third-order valence-corrected chi connectivity index (χ3v) is 4.96. The molecule has 1 N–H and O–H groups in total. The first kappa shape index (κ1) is 18.3. The van der Waals surface area contributed by atoms with Crippen LogP contribution in [0.15, 0.2) is 48.5 Å². The number of ether oxygens (including phenoxy) is 2. The van der Waals surface area contributed by atoms with Gasteiger partial charge in [0.1, 0.15) is 5.82 Å². The maximum Gasteiger partial charge on any atom is 0.260 e. The van der Waals surface area contributed by atoms with E-state index in [1.54, 1.807) is 13.2 Å². The molecule has 1 aliphatic heterocycles. The number of amides is 1. The summed E-state index contributed by atoms with van der Waals surface area (Å²) in [6.45, 7) is 3.79. The first-order chi connectivity index (χ1) is 13.7. The van der Waals surface area contributed by atoms with Crippen molar-refractivity contribution < 1.29 is 14.3 Å². The van der Waals surface area contributed by atoms with Gasteiger partial charge in [-0.25, -0.2) is 4.98 Å². The number of benzene rings is 2. The number of nitrogens with one attached hydrogen (secondary N) is 1. The van der Waals surface area contributed by atoms with Crippen molar-refractivity contribution in [1.82, 2.24) is 19.8 Å². The largest absolute Gasteiger partial charge is 0.493 e. The number of para-hydroxylation sites is 4. The highest BCUT2D eigenvalue weighted by atomic mass is 16.5.